The molecule has 0 atom stereocenters. The van der Waals surface area contributed by atoms with Gasteiger partial charge in [0.15, 0.2) is 11.5 Å². The van der Waals surface area contributed by atoms with Crippen LogP contribution in [0.5, 0.6) is 0 Å². The maximum absolute atomic E-state index is 12.9. The normalized spacial score (nSPS) is 12.9. The Bertz CT molecular complexity index is 1020. The van der Waals surface area contributed by atoms with Crippen LogP contribution in [0.3, 0.4) is 0 Å². The van der Waals surface area contributed by atoms with E-state index >= 15 is 0 Å². The lowest BCUT2D eigenvalue weighted by Crippen LogP contribution is -2.21. The van der Waals surface area contributed by atoms with E-state index in [4.69, 9.17) is 0 Å². The summed E-state index contributed by atoms with van der Waals surface area (Å²) in [5.41, 5.74) is 3.64. The molecule has 0 saturated heterocycles. The maximum Gasteiger partial charge on any atom is 0.291 e. The zero-order chi connectivity index (χ0) is 19.5. The van der Waals surface area contributed by atoms with E-state index in [1.165, 1.54) is 0 Å². The number of benzene rings is 2. The Hall–Kier alpha value is -3.41. The third-order valence-electron chi connectivity index (χ3n) is 4.84. The van der Waals surface area contributed by atoms with Crippen LogP contribution >= 0.6 is 0 Å². The molecule has 0 radical (unpaired) electrons. The van der Waals surface area contributed by atoms with E-state index in [2.05, 4.69) is 15.6 Å². The molecule has 2 N–H and O–H groups in total. The van der Waals surface area contributed by atoms with Crippen molar-refractivity contribution in [2.24, 2.45) is 0 Å². The first kappa shape index (κ1) is 18.0. The van der Waals surface area contributed by atoms with E-state index in [1.807, 2.05) is 66.1 Å². The fraction of sp³-hybridized carbons (Fsp3) is 0.227. The number of carbonyl (C=O) groups excluding carboxylic acids is 2. The van der Waals surface area contributed by atoms with Crippen molar-refractivity contribution in [1.29, 1.82) is 0 Å². The smallest absolute Gasteiger partial charge is 0.291 e. The number of hydrogen-bond donors (Lipinski definition) is 2. The number of aromatic nitrogens is 2. The van der Waals surface area contributed by atoms with Gasteiger partial charge in [-0.2, -0.15) is 0 Å². The molecule has 1 aromatic heterocycles. The number of rotatable bonds is 4. The standard InChI is InChI=1S/C22H22N4O2/c1-15-8-7-11-17(14-15)24-21(27)19-18-12-5-6-13-26(18)20(25-19)22(28)23-16-9-3-2-4-10-16/h2-4,7-11,14H,5-6,12-13H2,1H3,(H,23,28)(H,24,27). The van der Waals surface area contributed by atoms with Gasteiger partial charge in [-0.3, -0.25) is 9.59 Å². The first-order valence-electron chi connectivity index (χ1n) is 9.45. The molecule has 0 saturated carbocycles. The molecule has 0 unspecified atom stereocenters. The highest BCUT2D eigenvalue weighted by atomic mass is 16.2. The zero-order valence-electron chi connectivity index (χ0n) is 15.7. The number of para-hydroxylation sites is 1. The molecule has 2 heterocycles. The second-order valence-corrected chi connectivity index (χ2v) is 6.98. The van der Waals surface area contributed by atoms with E-state index in [0.29, 0.717) is 17.9 Å². The van der Waals surface area contributed by atoms with Crippen LogP contribution in [-0.4, -0.2) is 21.4 Å². The summed E-state index contributed by atoms with van der Waals surface area (Å²) in [7, 11) is 0. The predicted octanol–water partition coefficient (Wildman–Crippen LogP) is 4.03. The van der Waals surface area contributed by atoms with Crippen LogP contribution in [-0.2, 0) is 13.0 Å². The summed E-state index contributed by atoms with van der Waals surface area (Å²) in [5, 5.41) is 5.77. The van der Waals surface area contributed by atoms with E-state index in [9.17, 15) is 9.59 Å². The van der Waals surface area contributed by atoms with Gasteiger partial charge >= 0.3 is 0 Å². The molecule has 1 aliphatic heterocycles. The Morgan fingerprint density at radius 3 is 2.46 bits per heavy atom. The lowest BCUT2D eigenvalue weighted by molar-refractivity contribution is 0.101. The average molecular weight is 374 g/mol. The number of fused-ring (bicyclic) bond motifs is 1. The summed E-state index contributed by atoms with van der Waals surface area (Å²) in [5.74, 6) is -0.299. The largest absolute Gasteiger partial charge is 0.323 e. The summed E-state index contributed by atoms with van der Waals surface area (Å²) in [6.07, 6.45) is 2.69. The Balaban J connectivity index is 1.63. The molecule has 2 aromatic carbocycles. The molecule has 4 rings (SSSR count). The maximum atomic E-state index is 12.9. The fourth-order valence-corrected chi connectivity index (χ4v) is 3.52. The van der Waals surface area contributed by atoms with Crippen LogP contribution in [0.25, 0.3) is 0 Å². The van der Waals surface area contributed by atoms with Crippen molar-refractivity contribution >= 4 is 23.2 Å². The zero-order valence-corrected chi connectivity index (χ0v) is 15.7. The van der Waals surface area contributed by atoms with Gasteiger partial charge in [0.25, 0.3) is 11.8 Å². The summed E-state index contributed by atoms with van der Waals surface area (Å²) >= 11 is 0. The number of hydrogen-bond acceptors (Lipinski definition) is 3. The number of imidazole rings is 1. The molecular weight excluding hydrogens is 352 g/mol. The van der Waals surface area contributed by atoms with Gasteiger partial charge in [-0.15, -0.1) is 0 Å². The van der Waals surface area contributed by atoms with Crippen molar-refractivity contribution in [3.05, 3.63) is 77.4 Å². The number of anilines is 2. The van der Waals surface area contributed by atoms with Crippen LogP contribution in [0.4, 0.5) is 11.4 Å². The number of nitrogens with one attached hydrogen (secondary N) is 2. The van der Waals surface area contributed by atoms with Crippen molar-refractivity contribution in [3.8, 4) is 0 Å². The molecule has 1 aliphatic rings. The quantitative estimate of drug-likeness (QED) is 0.724. The van der Waals surface area contributed by atoms with Crippen LogP contribution < -0.4 is 10.6 Å². The van der Waals surface area contributed by atoms with Crippen molar-refractivity contribution in [3.63, 3.8) is 0 Å². The third-order valence-corrected chi connectivity index (χ3v) is 4.84. The van der Waals surface area contributed by atoms with E-state index in [-0.39, 0.29) is 17.6 Å². The molecule has 3 aromatic rings. The summed E-state index contributed by atoms with van der Waals surface area (Å²) in [6, 6.07) is 16.9. The fourth-order valence-electron chi connectivity index (χ4n) is 3.52. The second kappa shape index (κ2) is 7.68. The molecular formula is C22H22N4O2. The summed E-state index contributed by atoms with van der Waals surface area (Å²) in [4.78, 5) is 30.1. The Morgan fingerprint density at radius 2 is 1.68 bits per heavy atom. The predicted molar refractivity (Wildman–Crippen MR) is 109 cm³/mol. The molecule has 0 aliphatic carbocycles. The van der Waals surface area contributed by atoms with Gasteiger partial charge in [-0.25, -0.2) is 4.98 Å². The molecule has 28 heavy (non-hydrogen) atoms. The van der Waals surface area contributed by atoms with Gasteiger partial charge in [0, 0.05) is 17.9 Å². The Kier molecular flexibility index (Phi) is 4.93. The second-order valence-electron chi connectivity index (χ2n) is 6.98. The van der Waals surface area contributed by atoms with E-state index in [0.717, 1.165) is 36.2 Å². The van der Waals surface area contributed by atoms with Gasteiger partial charge in [0.2, 0.25) is 0 Å². The van der Waals surface area contributed by atoms with Crippen molar-refractivity contribution in [2.45, 2.75) is 32.7 Å². The first-order chi connectivity index (χ1) is 13.6. The van der Waals surface area contributed by atoms with Crippen molar-refractivity contribution < 1.29 is 9.59 Å². The van der Waals surface area contributed by atoms with Gasteiger partial charge in [-0.1, -0.05) is 30.3 Å². The van der Waals surface area contributed by atoms with Gasteiger partial charge in [-0.05, 0) is 56.0 Å². The average Bonchev–Trinajstić information content (AvgIpc) is 3.09. The molecule has 142 valence electrons. The lowest BCUT2D eigenvalue weighted by Gasteiger charge is -2.17. The number of amides is 2. The van der Waals surface area contributed by atoms with Crippen molar-refractivity contribution in [2.75, 3.05) is 10.6 Å². The molecule has 0 fully saturated rings. The minimum absolute atomic E-state index is 0.282. The molecule has 0 spiro atoms. The SMILES string of the molecule is Cc1cccc(NC(=O)c2nc(C(=O)Nc3ccccc3)n3c2CCCC3)c1. The topological polar surface area (TPSA) is 76.0 Å². The molecule has 6 heteroatoms. The highest BCUT2D eigenvalue weighted by molar-refractivity contribution is 6.07. The minimum atomic E-state index is -0.302. The summed E-state index contributed by atoms with van der Waals surface area (Å²) < 4.78 is 1.88. The van der Waals surface area contributed by atoms with Crippen LogP contribution in [0.1, 0.15) is 45.2 Å². The van der Waals surface area contributed by atoms with Crippen LogP contribution in [0.15, 0.2) is 54.6 Å². The number of carbonyl (C=O) groups is 2. The van der Waals surface area contributed by atoms with Crippen molar-refractivity contribution in [1.82, 2.24) is 9.55 Å². The molecule has 6 nitrogen and oxygen atoms in total. The Labute approximate surface area is 163 Å². The summed E-state index contributed by atoms with van der Waals surface area (Å²) in [6.45, 7) is 2.66. The van der Waals surface area contributed by atoms with E-state index in [1.54, 1.807) is 0 Å². The van der Waals surface area contributed by atoms with Gasteiger partial charge in [0.05, 0.1) is 5.69 Å². The highest BCUT2D eigenvalue weighted by Gasteiger charge is 2.27. The monoisotopic (exact) mass is 374 g/mol. The highest BCUT2D eigenvalue weighted by Crippen LogP contribution is 2.23. The third kappa shape index (κ3) is 3.67. The first-order valence-corrected chi connectivity index (χ1v) is 9.45. The van der Waals surface area contributed by atoms with Gasteiger partial charge in [0.1, 0.15) is 0 Å². The van der Waals surface area contributed by atoms with E-state index < -0.39 is 0 Å². The minimum Gasteiger partial charge on any atom is -0.323 e. The van der Waals surface area contributed by atoms with Crippen LogP contribution in [0, 0.1) is 6.92 Å². The van der Waals surface area contributed by atoms with Crippen LogP contribution in [0.2, 0.25) is 0 Å². The molecule has 0 bridgehead atoms. The number of nitrogens with zero attached hydrogens (tertiary/aromatic N) is 2. The lowest BCUT2D eigenvalue weighted by atomic mass is 10.1. The Morgan fingerprint density at radius 1 is 0.929 bits per heavy atom. The van der Waals surface area contributed by atoms with Gasteiger partial charge < -0.3 is 15.2 Å². The molecule has 2 amide bonds. The number of aryl methyl sites for hydroxylation is 1.